The molecule has 0 spiro atoms. The van der Waals surface area contributed by atoms with Crippen LogP contribution in [0.5, 0.6) is 0 Å². The molecule has 3 aliphatic rings. The quantitative estimate of drug-likeness (QED) is 0.639. The SMILES string of the molecule is C[C@@H](C(=O)N1C[C@H](O)C[C@H]1C(=O)NC1CCc2ccc(Cl)cc21)N1Cc2ccccc2[C@@H]1O. The third-order valence-corrected chi connectivity index (χ3v) is 7.46. The molecule has 1 unspecified atom stereocenters. The van der Waals surface area contributed by atoms with E-state index in [2.05, 4.69) is 5.32 Å². The molecule has 1 aliphatic carbocycles. The lowest BCUT2D eigenvalue weighted by Gasteiger charge is -2.32. The fourth-order valence-corrected chi connectivity index (χ4v) is 5.60. The topological polar surface area (TPSA) is 93.1 Å². The second-order valence-corrected chi connectivity index (χ2v) is 9.70. The predicted molar refractivity (Wildman–Crippen MR) is 123 cm³/mol. The van der Waals surface area contributed by atoms with Gasteiger partial charge < -0.3 is 20.4 Å². The molecular formula is C25H28ClN3O4. The number of benzene rings is 2. The first kappa shape index (κ1) is 22.3. The molecule has 1 saturated heterocycles. The van der Waals surface area contributed by atoms with E-state index in [1.807, 2.05) is 42.5 Å². The number of rotatable bonds is 4. The highest BCUT2D eigenvalue weighted by Crippen LogP contribution is 2.35. The van der Waals surface area contributed by atoms with Crippen LogP contribution in [-0.2, 0) is 22.6 Å². The van der Waals surface area contributed by atoms with Crippen molar-refractivity contribution in [2.45, 2.75) is 63.2 Å². The molecule has 5 atom stereocenters. The highest BCUT2D eigenvalue weighted by molar-refractivity contribution is 6.30. The number of β-amino-alcohol motifs (C(OH)–C–C–N with tert-alkyl or cyclic N) is 1. The first-order valence-electron chi connectivity index (χ1n) is 11.4. The fraction of sp³-hybridized carbons (Fsp3) is 0.440. The Morgan fingerprint density at radius 1 is 1.12 bits per heavy atom. The molecule has 2 aromatic carbocycles. The Morgan fingerprint density at radius 3 is 2.70 bits per heavy atom. The smallest absolute Gasteiger partial charge is 0.243 e. The van der Waals surface area contributed by atoms with Crippen molar-refractivity contribution in [3.63, 3.8) is 0 Å². The number of aliphatic hydroxyl groups is 2. The third kappa shape index (κ3) is 4.04. The van der Waals surface area contributed by atoms with Gasteiger partial charge in [0.25, 0.3) is 0 Å². The molecule has 2 amide bonds. The van der Waals surface area contributed by atoms with Crippen LogP contribution >= 0.6 is 11.6 Å². The van der Waals surface area contributed by atoms with E-state index >= 15 is 0 Å². The minimum Gasteiger partial charge on any atom is -0.391 e. The van der Waals surface area contributed by atoms with Crippen LogP contribution < -0.4 is 5.32 Å². The Labute approximate surface area is 197 Å². The maximum Gasteiger partial charge on any atom is 0.243 e. The monoisotopic (exact) mass is 469 g/mol. The Balaban J connectivity index is 1.30. The van der Waals surface area contributed by atoms with Crippen LogP contribution in [0.1, 0.15) is 54.3 Å². The Hall–Kier alpha value is -2.45. The summed E-state index contributed by atoms with van der Waals surface area (Å²) in [6.45, 7) is 2.30. The normalized spacial score (nSPS) is 27.3. The molecule has 0 radical (unpaired) electrons. The molecule has 2 aromatic rings. The van der Waals surface area contributed by atoms with Gasteiger partial charge in [0.1, 0.15) is 12.3 Å². The summed E-state index contributed by atoms with van der Waals surface area (Å²) < 4.78 is 0. The molecule has 7 nitrogen and oxygen atoms in total. The molecule has 0 bridgehead atoms. The molecule has 174 valence electrons. The van der Waals surface area contributed by atoms with Crippen LogP contribution in [0.15, 0.2) is 42.5 Å². The van der Waals surface area contributed by atoms with Gasteiger partial charge in [0.15, 0.2) is 0 Å². The number of halogens is 1. The number of nitrogens with zero attached hydrogens (tertiary/aromatic N) is 2. The number of fused-ring (bicyclic) bond motifs is 2. The Bertz CT molecular complexity index is 1090. The first-order valence-corrected chi connectivity index (χ1v) is 11.8. The van der Waals surface area contributed by atoms with E-state index in [4.69, 9.17) is 11.6 Å². The van der Waals surface area contributed by atoms with Crippen LogP contribution in [0.2, 0.25) is 5.02 Å². The molecule has 5 rings (SSSR count). The number of aliphatic hydroxyl groups excluding tert-OH is 2. The van der Waals surface area contributed by atoms with Crippen LogP contribution in [-0.4, -0.2) is 56.6 Å². The second-order valence-electron chi connectivity index (χ2n) is 9.26. The summed E-state index contributed by atoms with van der Waals surface area (Å²) in [4.78, 5) is 29.9. The zero-order valence-electron chi connectivity index (χ0n) is 18.4. The standard InChI is InChI=1S/C25H28ClN3O4/c1-14(28-12-16-4-2-3-5-19(16)25(28)33)24(32)29-13-18(30)11-22(29)23(31)27-21-9-7-15-6-8-17(26)10-20(15)21/h2-6,8,10,14,18,21-22,25,30,33H,7,9,11-13H2,1H3,(H,27,31)/t14-,18+,21?,22-,25-/m0/s1. The molecule has 8 heteroatoms. The maximum atomic E-state index is 13.4. The number of hydrogen-bond acceptors (Lipinski definition) is 5. The molecule has 3 N–H and O–H groups in total. The van der Waals surface area contributed by atoms with E-state index in [1.54, 1.807) is 11.8 Å². The zero-order valence-corrected chi connectivity index (χ0v) is 19.2. The van der Waals surface area contributed by atoms with E-state index in [-0.39, 0.29) is 30.8 Å². The number of carbonyl (C=O) groups excluding carboxylic acids is 2. The highest BCUT2D eigenvalue weighted by atomic mass is 35.5. The lowest BCUT2D eigenvalue weighted by atomic mass is 10.1. The molecule has 0 aromatic heterocycles. The van der Waals surface area contributed by atoms with Gasteiger partial charge in [-0.05, 0) is 54.2 Å². The number of aryl methyl sites for hydroxylation is 1. The summed E-state index contributed by atoms with van der Waals surface area (Å²) in [7, 11) is 0. The summed E-state index contributed by atoms with van der Waals surface area (Å²) in [6, 6.07) is 11.8. The number of amides is 2. The predicted octanol–water partition coefficient (Wildman–Crippen LogP) is 2.30. The molecular weight excluding hydrogens is 442 g/mol. The Kier molecular flexibility index (Phi) is 5.91. The van der Waals surface area contributed by atoms with Crippen molar-refractivity contribution in [1.29, 1.82) is 0 Å². The zero-order chi connectivity index (χ0) is 23.3. The molecule has 2 aliphatic heterocycles. The van der Waals surface area contributed by atoms with Gasteiger partial charge in [0.2, 0.25) is 11.8 Å². The van der Waals surface area contributed by atoms with Crippen molar-refractivity contribution in [3.05, 3.63) is 69.7 Å². The van der Waals surface area contributed by atoms with Gasteiger partial charge >= 0.3 is 0 Å². The highest BCUT2D eigenvalue weighted by Gasteiger charge is 2.44. The lowest BCUT2D eigenvalue weighted by molar-refractivity contribution is -0.146. The summed E-state index contributed by atoms with van der Waals surface area (Å²) in [5.41, 5.74) is 3.96. The van der Waals surface area contributed by atoms with E-state index < -0.39 is 24.4 Å². The summed E-state index contributed by atoms with van der Waals surface area (Å²) in [6.07, 6.45) is 0.196. The van der Waals surface area contributed by atoms with E-state index in [0.717, 1.165) is 29.5 Å². The fourth-order valence-electron chi connectivity index (χ4n) is 5.42. The van der Waals surface area contributed by atoms with E-state index in [9.17, 15) is 19.8 Å². The van der Waals surface area contributed by atoms with Crippen LogP contribution in [0.4, 0.5) is 0 Å². The van der Waals surface area contributed by atoms with Gasteiger partial charge in [0, 0.05) is 24.5 Å². The average molecular weight is 470 g/mol. The molecule has 0 saturated carbocycles. The van der Waals surface area contributed by atoms with Crippen molar-refractivity contribution in [2.24, 2.45) is 0 Å². The van der Waals surface area contributed by atoms with Crippen LogP contribution in [0.3, 0.4) is 0 Å². The third-order valence-electron chi connectivity index (χ3n) is 7.22. The van der Waals surface area contributed by atoms with Gasteiger partial charge in [-0.15, -0.1) is 0 Å². The minimum absolute atomic E-state index is 0.102. The van der Waals surface area contributed by atoms with Gasteiger partial charge in [-0.25, -0.2) is 0 Å². The molecule has 2 heterocycles. The summed E-state index contributed by atoms with van der Waals surface area (Å²) in [5, 5.41) is 24.8. The maximum absolute atomic E-state index is 13.4. The second kappa shape index (κ2) is 8.72. The molecule has 1 fully saturated rings. The van der Waals surface area contributed by atoms with Crippen molar-refractivity contribution in [1.82, 2.24) is 15.1 Å². The number of carbonyl (C=O) groups is 2. The molecule has 33 heavy (non-hydrogen) atoms. The van der Waals surface area contributed by atoms with E-state index in [0.29, 0.717) is 11.6 Å². The van der Waals surface area contributed by atoms with Gasteiger partial charge in [-0.2, -0.15) is 0 Å². The Morgan fingerprint density at radius 2 is 1.91 bits per heavy atom. The number of nitrogens with one attached hydrogen (secondary N) is 1. The summed E-state index contributed by atoms with van der Waals surface area (Å²) in [5.74, 6) is -0.538. The van der Waals surface area contributed by atoms with Crippen molar-refractivity contribution in [3.8, 4) is 0 Å². The van der Waals surface area contributed by atoms with Crippen molar-refractivity contribution >= 4 is 23.4 Å². The van der Waals surface area contributed by atoms with E-state index in [1.165, 1.54) is 10.5 Å². The van der Waals surface area contributed by atoms with Crippen LogP contribution in [0, 0.1) is 0 Å². The van der Waals surface area contributed by atoms with Gasteiger partial charge in [-0.1, -0.05) is 41.9 Å². The largest absolute Gasteiger partial charge is 0.391 e. The summed E-state index contributed by atoms with van der Waals surface area (Å²) >= 11 is 6.15. The first-order chi connectivity index (χ1) is 15.8. The van der Waals surface area contributed by atoms with Crippen LogP contribution in [0.25, 0.3) is 0 Å². The van der Waals surface area contributed by atoms with Crippen molar-refractivity contribution < 1.29 is 19.8 Å². The van der Waals surface area contributed by atoms with Gasteiger partial charge in [0.05, 0.1) is 18.2 Å². The van der Waals surface area contributed by atoms with Crippen molar-refractivity contribution in [2.75, 3.05) is 6.54 Å². The number of hydrogen-bond donors (Lipinski definition) is 3. The lowest BCUT2D eigenvalue weighted by Crippen LogP contribution is -2.52. The average Bonchev–Trinajstić information content (AvgIpc) is 3.48. The number of likely N-dealkylation sites (tertiary alicyclic amines) is 1. The van der Waals surface area contributed by atoms with Gasteiger partial charge in [-0.3, -0.25) is 14.5 Å². The minimum atomic E-state index is -0.875.